The van der Waals surface area contributed by atoms with Crippen molar-refractivity contribution >= 4 is 11.3 Å². The van der Waals surface area contributed by atoms with E-state index in [1.165, 1.54) is 5.56 Å². The normalized spacial score (nSPS) is 19.2. The second-order valence-electron chi connectivity index (χ2n) is 5.73. The molecule has 1 aliphatic carbocycles. The first-order valence-electron chi connectivity index (χ1n) is 6.82. The second-order valence-corrected chi connectivity index (χ2v) is 6.76. The molecular formula is C16H19NOS. The van der Waals surface area contributed by atoms with E-state index in [1.54, 1.807) is 11.3 Å². The second kappa shape index (κ2) is 4.73. The van der Waals surface area contributed by atoms with Gasteiger partial charge < -0.3 is 5.11 Å². The van der Waals surface area contributed by atoms with Crippen molar-refractivity contribution in [2.24, 2.45) is 0 Å². The lowest BCUT2D eigenvalue weighted by molar-refractivity contribution is 0.160. The Hall–Kier alpha value is -1.19. The molecule has 1 atom stereocenters. The zero-order chi connectivity index (χ0) is 13.5. The molecule has 3 rings (SSSR count). The molecule has 0 aliphatic heterocycles. The lowest BCUT2D eigenvalue weighted by Crippen LogP contribution is -2.18. The van der Waals surface area contributed by atoms with Crippen LogP contribution in [0, 0.1) is 0 Å². The van der Waals surface area contributed by atoms with Crippen molar-refractivity contribution in [3.8, 4) is 0 Å². The molecule has 0 bridgehead atoms. The zero-order valence-corrected chi connectivity index (χ0v) is 12.2. The van der Waals surface area contributed by atoms with Gasteiger partial charge >= 0.3 is 0 Å². The molecule has 1 aliphatic rings. The molecule has 0 amide bonds. The Kier molecular flexibility index (Phi) is 3.19. The molecule has 2 nitrogen and oxygen atoms in total. The molecule has 0 saturated carbocycles. The van der Waals surface area contributed by atoms with Gasteiger partial charge in [-0.25, -0.2) is 4.98 Å². The Bertz CT molecular complexity index is 574. The third-order valence-corrected chi connectivity index (χ3v) is 5.47. The average Bonchev–Trinajstić information content (AvgIpc) is 2.86. The summed E-state index contributed by atoms with van der Waals surface area (Å²) in [4.78, 5) is 5.90. The van der Waals surface area contributed by atoms with Crippen molar-refractivity contribution < 1.29 is 5.11 Å². The highest BCUT2D eigenvalue weighted by Gasteiger charge is 2.31. The Balaban J connectivity index is 2.03. The molecule has 0 fully saturated rings. The van der Waals surface area contributed by atoms with Crippen LogP contribution in [-0.4, -0.2) is 10.1 Å². The minimum absolute atomic E-state index is 0.0943. The van der Waals surface area contributed by atoms with Crippen LogP contribution in [0.4, 0.5) is 0 Å². The predicted molar refractivity (Wildman–Crippen MR) is 78.6 cm³/mol. The van der Waals surface area contributed by atoms with Gasteiger partial charge in [-0.1, -0.05) is 30.3 Å². The Labute approximate surface area is 118 Å². The summed E-state index contributed by atoms with van der Waals surface area (Å²) in [5.41, 5.74) is 2.29. The Morgan fingerprint density at radius 2 is 2.00 bits per heavy atom. The molecule has 1 aromatic heterocycles. The van der Waals surface area contributed by atoms with Crippen LogP contribution in [-0.2, 0) is 11.8 Å². The van der Waals surface area contributed by atoms with Crippen molar-refractivity contribution in [3.63, 3.8) is 0 Å². The fourth-order valence-corrected chi connectivity index (χ4v) is 3.90. The molecule has 0 radical (unpaired) electrons. The van der Waals surface area contributed by atoms with Gasteiger partial charge in [-0.3, -0.25) is 0 Å². The minimum atomic E-state index is -0.304. The van der Waals surface area contributed by atoms with Gasteiger partial charge in [0, 0.05) is 5.41 Å². The summed E-state index contributed by atoms with van der Waals surface area (Å²) in [6.45, 7) is 4.41. The van der Waals surface area contributed by atoms with Gasteiger partial charge in [0.1, 0.15) is 5.01 Å². The first-order chi connectivity index (χ1) is 9.09. The van der Waals surface area contributed by atoms with Crippen LogP contribution in [0.3, 0.4) is 0 Å². The molecule has 1 N–H and O–H groups in total. The van der Waals surface area contributed by atoms with Crippen LogP contribution in [0.25, 0.3) is 0 Å². The Morgan fingerprint density at radius 1 is 1.26 bits per heavy atom. The van der Waals surface area contributed by atoms with E-state index in [0.717, 1.165) is 34.8 Å². The lowest BCUT2D eigenvalue weighted by Gasteiger charge is -2.22. The number of fused-ring (bicyclic) bond motifs is 1. The van der Waals surface area contributed by atoms with Gasteiger partial charge in [-0.2, -0.15) is 0 Å². The zero-order valence-electron chi connectivity index (χ0n) is 11.4. The van der Waals surface area contributed by atoms with E-state index in [4.69, 9.17) is 4.98 Å². The van der Waals surface area contributed by atoms with Gasteiger partial charge in [0.2, 0.25) is 0 Å². The molecule has 1 aromatic carbocycles. The number of benzene rings is 1. The molecule has 0 saturated heterocycles. The first-order valence-corrected chi connectivity index (χ1v) is 7.64. The maximum atomic E-state index is 10.1. The molecule has 1 heterocycles. The van der Waals surface area contributed by atoms with Crippen LogP contribution in [0.2, 0.25) is 0 Å². The summed E-state index contributed by atoms with van der Waals surface area (Å²) in [5, 5.41) is 11.2. The molecule has 2 aromatic rings. The van der Waals surface area contributed by atoms with Gasteiger partial charge in [-0.05, 0) is 38.7 Å². The van der Waals surface area contributed by atoms with Crippen LogP contribution in [0.1, 0.15) is 53.9 Å². The SMILES string of the molecule is CC(C)(c1ccccc1)c1nc2c(s1)C(O)CCC2. The number of nitrogens with zero attached hydrogens (tertiary/aromatic N) is 1. The van der Waals surface area contributed by atoms with E-state index in [0.29, 0.717) is 0 Å². The number of thiazole rings is 1. The summed E-state index contributed by atoms with van der Waals surface area (Å²) in [6.07, 6.45) is 2.62. The molecule has 100 valence electrons. The van der Waals surface area contributed by atoms with Crippen LogP contribution < -0.4 is 0 Å². The van der Waals surface area contributed by atoms with Gasteiger partial charge in [-0.15, -0.1) is 11.3 Å². The van der Waals surface area contributed by atoms with Crippen molar-refractivity contribution in [3.05, 3.63) is 51.5 Å². The summed E-state index contributed by atoms with van der Waals surface area (Å²) in [6, 6.07) is 10.5. The van der Waals surface area contributed by atoms with E-state index >= 15 is 0 Å². The largest absolute Gasteiger partial charge is 0.388 e. The summed E-state index contributed by atoms with van der Waals surface area (Å²) in [5.74, 6) is 0. The average molecular weight is 273 g/mol. The fourth-order valence-electron chi connectivity index (χ4n) is 2.64. The van der Waals surface area contributed by atoms with E-state index in [1.807, 2.05) is 6.07 Å². The summed E-state index contributed by atoms with van der Waals surface area (Å²) in [7, 11) is 0. The highest BCUT2D eigenvalue weighted by molar-refractivity contribution is 7.12. The maximum Gasteiger partial charge on any atom is 0.103 e. The van der Waals surface area contributed by atoms with Crippen LogP contribution >= 0.6 is 11.3 Å². The maximum absolute atomic E-state index is 10.1. The van der Waals surface area contributed by atoms with Crippen LogP contribution in [0.15, 0.2) is 30.3 Å². The first kappa shape index (κ1) is 12.8. The quantitative estimate of drug-likeness (QED) is 0.902. The number of hydrogen-bond acceptors (Lipinski definition) is 3. The highest BCUT2D eigenvalue weighted by atomic mass is 32.1. The standard InChI is InChI=1S/C16H19NOS/c1-16(2,11-7-4-3-5-8-11)15-17-12-9-6-10-13(18)14(12)19-15/h3-5,7-8,13,18H,6,9-10H2,1-2H3. The predicted octanol–water partition coefficient (Wildman–Crippen LogP) is 3.84. The summed E-state index contributed by atoms with van der Waals surface area (Å²) < 4.78 is 0. The van der Waals surface area contributed by atoms with E-state index in [9.17, 15) is 5.11 Å². The number of rotatable bonds is 2. The molecule has 0 spiro atoms. The third kappa shape index (κ3) is 2.21. The third-order valence-electron chi connectivity index (χ3n) is 3.95. The topological polar surface area (TPSA) is 33.1 Å². The smallest absolute Gasteiger partial charge is 0.103 e. The summed E-state index contributed by atoms with van der Waals surface area (Å²) >= 11 is 1.68. The van der Waals surface area contributed by atoms with Gasteiger partial charge in [0.15, 0.2) is 0 Å². The molecule has 3 heteroatoms. The van der Waals surface area contributed by atoms with Crippen LogP contribution in [0.5, 0.6) is 0 Å². The number of hydrogen-bond donors (Lipinski definition) is 1. The van der Waals surface area contributed by atoms with E-state index in [2.05, 4.69) is 38.1 Å². The number of aliphatic hydroxyl groups is 1. The monoisotopic (exact) mass is 273 g/mol. The molecule has 19 heavy (non-hydrogen) atoms. The Morgan fingerprint density at radius 3 is 2.68 bits per heavy atom. The highest BCUT2D eigenvalue weighted by Crippen LogP contribution is 2.40. The lowest BCUT2D eigenvalue weighted by atomic mass is 9.85. The molecular weight excluding hydrogens is 254 g/mol. The van der Waals surface area contributed by atoms with Crippen molar-refractivity contribution in [2.75, 3.05) is 0 Å². The fraction of sp³-hybridized carbons (Fsp3) is 0.438. The van der Waals surface area contributed by atoms with E-state index < -0.39 is 0 Å². The van der Waals surface area contributed by atoms with Gasteiger partial charge in [0.25, 0.3) is 0 Å². The van der Waals surface area contributed by atoms with Crippen molar-refractivity contribution in [1.29, 1.82) is 0 Å². The van der Waals surface area contributed by atoms with E-state index in [-0.39, 0.29) is 11.5 Å². The minimum Gasteiger partial charge on any atom is -0.388 e. The van der Waals surface area contributed by atoms with Gasteiger partial charge in [0.05, 0.1) is 16.7 Å². The number of aromatic nitrogens is 1. The van der Waals surface area contributed by atoms with Crippen molar-refractivity contribution in [2.45, 2.75) is 44.6 Å². The molecule has 1 unspecified atom stereocenters. The number of aryl methyl sites for hydroxylation is 1. The number of aliphatic hydroxyl groups excluding tert-OH is 1. The van der Waals surface area contributed by atoms with Crippen molar-refractivity contribution in [1.82, 2.24) is 4.98 Å².